The van der Waals surface area contributed by atoms with Crippen LogP contribution in [0.4, 0.5) is 16.0 Å². The van der Waals surface area contributed by atoms with Crippen molar-refractivity contribution < 1.29 is 9.18 Å². The van der Waals surface area contributed by atoms with Crippen molar-refractivity contribution in [1.29, 1.82) is 0 Å². The Hall–Kier alpha value is -2.50. The van der Waals surface area contributed by atoms with E-state index in [1.165, 1.54) is 44.2 Å². The molecule has 2 fully saturated rings. The van der Waals surface area contributed by atoms with Gasteiger partial charge in [-0.05, 0) is 61.9 Å². The third-order valence-electron chi connectivity index (χ3n) is 6.16. The second kappa shape index (κ2) is 9.33. The zero-order valence-electron chi connectivity index (χ0n) is 16.8. The lowest BCUT2D eigenvalue weighted by atomic mass is 9.86. The molecule has 0 bridgehead atoms. The maximum Gasteiger partial charge on any atom is 0.227 e. The van der Waals surface area contributed by atoms with Gasteiger partial charge in [-0.15, -0.1) is 0 Å². The van der Waals surface area contributed by atoms with E-state index in [-0.39, 0.29) is 11.7 Å². The molecule has 1 N–H and O–H groups in total. The Morgan fingerprint density at radius 1 is 1.07 bits per heavy atom. The van der Waals surface area contributed by atoms with Crippen LogP contribution in [0.1, 0.15) is 63.0 Å². The largest absolute Gasteiger partial charge is 0.342 e. The molecule has 2 aromatic rings. The van der Waals surface area contributed by atoms with Gasteiger partial charge in [0.1, 0.15) is 5.82 Å². The quantitative estimate of drug-likeness (QED) is 0.770. The minimum Gasteiger partial charge on any atom is -0.342 e. The Labute approximate surface area is 171 Å². The van der Waals surface area contributed by atoms with Gasteiger partial charge in [0.25, 0.3) is 0 Å². The first-order valence-corrected chi connectivity index (χ1v) is 10.8. The zero-order chi connectivity index (χ0) is 20.1. The summed E-state index contributed by atoms with van der Waals surface area (Å²) in [7, 11) is 0. The molecule has 1 aliphatic carbocycles. The fraction of sp³-hybridized carbons (Fsp3) is 0.522. The number of aromatic nitrogens is 2. The van der Waals surface area contributed by atoms with Crippen LogP contribution in [-0.4, -0.2) is 33.9 Å². The van der Waals surface area contributed by atoms with Gasteiger partial charge in [0.2, 0.25) is 11.9 Å². The van der Waals surface area contributed by atoms with Crippen LogP contribution < -0.4 is 5.32 Å². The van der Waals surface area contributed by atoms with Crippen LogP contribution in [0.2, 0.25) is 0 Å². The molecule has 5 nitrogen and oxygen atoms in total. The van der Waals surface area contributed by atoms with E-state index in [1.54, 1.807) is 18.3 Å². The molecule has 6 heteroatoms. The molecule has 29 heavy (non-hydrogen) atoms. The molecule has 1 aromatic carbocycles. The second-order valence-electron chi connectivity index (χ2n) is 8.32. The number of amides is 1. The highest BCUT2D eigenvalue weighted by atomic mass is 19.1. The highest BCUT2D eigenvalue weighted by Crippen LogP contribution is 2.30. The Bertz CT molecular complexity index is 820. The van der Waals surface area contributed by atoms with Crippen molar-refractivity contribution in [3.05, 3.63) is 48.0 Å². The lowest BCUT2D eigenvalue weighted by Gasteiger charge is -2.34. The van der Waals surface area contributed by atoms with E-state index < -0.39 is 0 Å². The fourth-order valence-corrected chi connectivity index (χ4v) is 4.53. The topological polar surface area (TPSA) is 58.1 Å². The van der Waals surface area contributed by atoms with Crippen LogP contribution in [0.3, 0.4) is 0 Å². The van der Waals surface area contributed by atoms with Crippen molar-refractivity contribution in [3.63, 3.8) is 0 Å². The van der Waals surface area contributed by atoms with Gasteiger partial charge in [-0.1, -0.05) is 19.3 Å². The fourth-order valence-electron chi connectivity index (χ4n) is 4.53. The summed E-state index contributed by atoms with van der Waals surface area (Å²) < 4.78 is 13.1. The molecule has 1 aromatic heterocycles. The van der Waals surface area contributed by atoms with Crippen LogP contribution in [0, 0.1) is 11.7 Å². The van der Waals surface area contributed by atoms with Gasteiger partial charge in [-0.25, -0.2) is 14.4 Å². The highest BCUT2D eigenvalue weighted by molar-refractivity contribution is 5.76. The molecule has 1 atom stereocenters. The maximum atomic E-state index is 13.1. The summed E-state index contributed by atoms with van der Waals surface area (Å²) >= 11 is 0. The summed E-state index contributed by atoms with van der Waals surface area (Å²) in [6.07, 6.45) is 10.7. The molecule has 2 heterocycles. The van der Waals surface area contributed by atoms with Crippen molar-refractivity contribution in [3.8, 4) is 0 Å². The first kappa shape index (κ1) is 19.8. The molecule has 0 spiro atoms. The summed E-state index contributed by atoms with van der Waals surface area (Å²) in [5, 5.41) is 3.13. The predicted molar refractivity (Wildman–Crippen MR) is 111 cm³/mol. The zero-order valence-corrected chi connectivity index (χ0v) is 16.8. The van der Waals surface area contributed by atoms with Crippen molar-refractivity contribution in [2.45, 2.75) is 57.3 Å². The monoisotopic (exact) mass is 396 g/mol. The number of carbonyl (C=O) groups is 1. The number of anilines is 2. The number of hydrogen-bond acceptors (Lipinski definition) is 4. The van der Waals surface area contributed by atoms with E-state index in [9.17, 15) is 9.18 Å². The lowest BCUT2D eigenvalue weighted by Crippen LogP contribution is -2.40. The van der Waals surface area contributed by atoms with E-state index in [0.717, 1.165) is 37.3 Å². The highest BCUT2D eigenvalue weighted by Gasteiger charge is 2.27. The molecule has 1 unspecified atom stereocenters. The number of nitrogens with one attached hydrogen (secondary N) is 1. The number of rotatable bonds is 5. The molecular weight excluding hydrogens is 367 g/mol. The summed E-state index contributed by atoms with van der Waals surface area (Å²) in [5.74, 6) is 1.34. The molecule has 2 aliphatic rings. The van der Waals surface area contributed by atoms with Crippen LogP contribution in [-0.2, 0) is 4.79 Å². The number of carbonyl (C=O) groups excluding carboxylic acids is 1. The van der Waals surface area contributed by atoms with E-state index in [0.29, 0.717) is 24.2 Å². The van der Waals surface area contributed by atoms with E-state index in [2.05, 4.69) is 15.3 Å². The molecule has 0 radical (unpaired) electrons. The molecule has 1 amide bonds. The van der Waals surface area contributed by atoms with Crippen LogP contribution in [0.15, 0.2) is 36.5 Å². The van der Waals surface area contributed by atoms with Crippen molar-refractivity contribution >= 4 is 17.5 Å². The first-order chi connectivity index (χ1) is 14.2. The standard InChI is InChI=1S/C23H29FN4O/c24-19-8-10-20(11-9-19)26-23-25-13-12-21(27-23)18-7-4-14-28(16-18)22(29)15-17-5-2-1-3-6-17/h8-13,17-18H,1-7,14-16H2,(H,25,26,27). The minimum absolute atomic E-state index is 0.232. The Morgan fingerprint density at radius 3 is 2.66 bits per heavy atom. The van der Waals surface area contributed by atoms with Crippen molar-refractivity contribution in [2.24, 2.45) is 5.92 Å². The van der Waals surface area contributed by atoms with Crippen LogP contribution >= 0.6 is 0 Å². The van der Waals surface area contributed by atoms with Gasteiger partial charge in [0, 0.05) is 37.3 Å². The number of likely N-dealkylation sites (tertiary alicyclic amines) is 1. The Balaban J connectivity index is 1.38. The van der Waals surface area contributed by atoms with Gasteiger partial charge >= 0.3 is 0 Å². The summed E-state index contributed by atoms with van der Waals surface area (Å²) in [5.41, 5.74) is 1.70. The SMILES string of the molecule is O=C(CC1CCCCC1)N1CCCC(c2ccnc(Nc3ccc(F)cc3)n2)C1. The number of hydrogen-bond donors (Lipinski definition) is 1. The molecule has 1 saturated carbocycles. The summed E-state index contributed by atoms with van der Waals surface area (Å²) in [6, 6.07) is 8.08. The number of halogens is 1. The first-order valence-electron chi connectivity index (χ1n) is 10.8. The summed E-state index contributed by atoms with van der Waals surface area (Å²) in [6.45, 7) is 1.59. The van der Waals surface area contributed by atoms with Crippen LogP contribution in [0.25, 0.3) is 0 Å². The van der Waals surface area contributed by atoms with Gasteiger partial charge in [0.15, 0.2) is 0 Å². The maximum absolute atomic E-state index is 13.1. The smallest absolute Gasteiger partial charge is 0.227 e. The average Bonchev–Trinajstić information content (AvgIpc) is 2.76. The Kier molecular flexibility index (Phi) is 6.37. The van der Waals surface area contributed by atoms with E-state index >= 15 is 0 Å². The normalized spacial score (nSPS) is 20.4. The van der Waals surface area contributed by atoms with E-state index in [1.807, 2.05) is 11.0 Å². The van der Waals surface area contributed by atoms with Crippen molar-refractivity contribution in [1.82, 2.24) is 14.9 Å². The average molecular weight is 397 g/mol. The van der Waals surface area contributed by atoms with Gasteiger partial charge < -0.3 is 10.2 Å². The molecular formula is C23H29FN4O. The Morgan fingerprint density at radius 2 is 1.86 bits per heavy atom. The van der Waals surface area contributed by atoms with Gasteiger partial charge in [-0.3, -0.25) is 4.79 Å². The third-order valence-corrected chi connectivity index (χ3v) is 6.16. The minimum atomic E-state index is -0.273. The number of piperidine rings is 1. The van der Waals surface area contributed by atoms with Gasteiger partial charge in [-0.2, -0.15) is 0 Å². The number of benzene rings is 1. The number of nitrogens with zero attached hydrogens (tertiary/aromatic N) is 3. The summed E-state index contributed by atoms with van der Waals surface area (Å²) in [4.78, 5) is 23.8. The molecule has 1 saturated heterocycles. The molecule has 154 valence electrons. The van der Waals surface area contributed by atoms with E-state index in [4.69, 9.17) is 0 Å². The third kappa shape index (κ3) is 5.31. The predicted octanol–water partition coefficient (Wildman–Crippen LogP) is 5.04. The molecule has 4 rings (SSSR count). The van der Waals surface area contributed by atoms with Gasteiger partial charge in [0.05, 0.1) is 5.69 Å². The molecule has 1 aliphatic heterocycles. The van der Waals surface area contributed by atoms with Crippen LogP contribution in [0.5, 0.6) is 0 Å². The second-order valence-corrected chi connectivity index (χ2v) is 8.32. The van der Waals surface area contributed by atoms with Crippen molar-refractivity contribution in [2.75, 3.05) is 18.4 Å². The lowest BCUT2D eigenvalue weighted by molar-refractivity contribution is -0.133.